The summed E-state index contributed by atoms with van der Waals surface area (Å²) in [5, 5.41) is 5.09. The minimum Gasteiger partial charge on any atom is -0.444 e. The van der Waals surface area contributed by atoms with Crippen LogP contribution in [0.5, 0.6) is 0 Å². The molecular formula is C12H17N3O3. The molecule has 0 unspecified atom stereocenters. The maximum atomic E-state index is 11.6. The van der Waals surface area contributed by atoms with Crippen LogP contribution in [0.15, 0.2) is 18.3 Å². The summed E-state index contributed by atoms with van der Waals surface area (Å²) < 4.78 is 5.13. The molecule has 6 heteroatoms. The molecule has 0 aromatic carbocycles. The Bertz CT molecular complexity index is 427. The molecule has 1 rings (SSSR count). The normalized spacial score (nSPS) is 10.6. The second kappa shape index (κ2) is 6.00. The first-order valence-corrected chi connectivity index (χ1v) is 5.53. The fourth-order valence-electron chi connectivity index (χ4n) is 1.24. The molecule has 0 aliphatic heterocycles. The lowest BCUT2D eigenvalue weighted by molar-refractivity contribution is -0.109. The van der Waals surface area contributed by atoms with Crippen LogP contribution in [-0.4, -0.2) is 23.1 Å². The van der Waals surface area contributed by atoms with Crippen molar-refractivity contribution in [1.29, 1.82) is 0 Å². The molecule has 0 spiro atoms. The first-order chi connectivity index (χ1) is 8.42. The van der Waals surface area contributed by atoms with E-state index >= 15 is 0 Å². The molecule has 2 amide bonds. The Balaban J connectivity index is 2.71. The van der Waals surface area contributed by atoms with Crippen molar-refractivity contribution in [3.05, 3.63) is 24.0 Å². The summed E-state index contributed by atoms with van der Waals surface area (Å²) in [5.41, 5.74) is 0.518. The van der Waals surface area contributed by atoms with Crippen LogP contribution in [0.3, 0.4) is 0 Å². The van der Waals surface area contributed by atoms with Crippen molar-refractivity contribution in [1.82, 2.24) is 10.3 Å². The third-order valence-electron chi connectivity index (χ3n) is 1.88. The van der Waals surface area contributed by atoms with Crippen LogP contribution in [0.1, 0.15) is 26.5 Å². The van der Waals surface area contributed by atoms with Crippen LogP contribution in [-0.2, 0) is 16.1 Å². The van der Waals surface area contributed by atoms with E-state index in [0.717, 1.165) is 0 Å². The molecule has 6 nitrogen and oxygen atoms in total. The van der Waals surface area contributed by atoms with Crippen molar-refractivity contribution in [3.63, 3.8) is 0 Å². The number of anilines is 1. The summed E-state index contributed by atoms with van der Waals surface area (Å²) in [5.74, 6) is 0. The molecule has 0 fully saturated rings. The number of hydrogen-bond donors (Lipinski definition) is 2. The van der Waals surface area contributed by atoms with E-state index in [4.69, 9.17) is 4.74 Å². The number of nitrogens with zero attached hydrogens (tertiary/aromatic N) is 1. The molecule has 98 valence electrons. The second-order valence-corrected chi connectivity index (χ2v) is 4.62. The summed E-state index contributed by atoms with van der Waals surface area (Å²) in [6.07, 6.45) is 1.61. The molecule has 1 aromatic rings. The number of amides is 2. The molecule has 0 saturated heterocycles. The maximum Gasteiger partial charge on any atom is 0.412 e. The van der Waals surface area contributed by atoms with E-state index in [2.05, 4.69) is 15.6 Å². The predicted octanol–water partition coefficient (Wildman–Crippen LogP) is 1.67. The van der Waals surface area contributed by atoms with Gasteiger partial charge in [-0.2, -0.15) is 0 Å². The average molecular weight is 251 g/mol. The smallest absolute Gasteiger partial charge is 0.412 e. The number of ether oxygens (including phenoxy) is 1. The van der Waals surface area contributed by atoms with E-state index in [0.29, 0.717) is 17.8 Å². The molecule has 18 heavy (non-hydrogen) atoms. The van der Waals surface area contributed by atoms with Crippen molar-refractivity contribution >= 4 is 18.2 Å². The molecule has 0 aliphatic rings. The van der Waals surface area contributed by atoms with Gasteiger partial charge in [0.05, 0.1) is 17.9 Å². The van der Waals surface area contributed by atoms with Crippen LogP contribution in [0.25, 0.3) is 0 Å². The number of carbonyl (C=O) groups excluding carboxylic acids is 2. The number of nitrogens with one attached hydrogen (secondary N) is 2. The van der Waals surface area contributed by atoms with Gasteiger partial charge in [-0.25, -0.2) is 4.79 Å². The van der Waals surface area contributed by atoms with Crippen LogP contribution in [0, 0.1) is 0 Å². The van der Waals surface area contributed by atoms with Gasteiger partial charge in [0.15, 0.2) is 0 Å². The van der Waals surface area contributed by atoms with E-state index < -0.39 is 11.7 Å². The van der Waals surface area contributed by atoms with E-state index in [1.54, 1.807) is 39.1 Å². The summed E-state index contributed by atoms with van der Waals surface area (Å²) in [6, 6.07) is 3.38. The molecule has 2 N–H and O–H groups in total. The van der Waals surface area contributed by atoms with Crippen LogP contribution < -0.4 is 10.6 Å². The lowest BCUT2D eigenvalue weighted by Gasteiger charge is -2.20. The van der Waals surface area contributed by atoms with Crippen LogP contribution in [0.2, 0.25) is 0 Å². The molecule has 0 atom stereocenters. The lowest BCUT2D eigenvalue weighted by Crippen LogP contribution is -2.28. The van der Waals surface area contributed by atoms with Gasteiger partial charge in [-0.15, -0.1) is 0 Å². The van der Waals surface area contributed by atoms with E-state index in [1.165, 1.54) is 0 Å². The molecule has 0 saturated carbocycles. The van der Waals surface area contributed by atoms with E-state index in [1.807, 2.05) is 0 Å². The number of rotatable bonds is 4. The predicted molar refractivity (Wildman–Crippen MR) is 67.0 cm³/mol. The fourth-order valence-corrected chi connectivity index (χ4v) is 1.24. The highest BCUT2D eigenvalue weighted by Crippen LogP contribution is 2.14. The molecule has 0 aliphatic carbocycles. The Labute approximate surface area is 106 Å². The quantitative estimate of drug-likeness (QED) is 0.798. The topological polar surface area (TPSA) is 80.3 Å². The number of carbonyl (C=O) groups is 2. The average Bonchev–Trinajstić information content (AvgIpc) is 2.25. The maximum absolute atomic E-state index is 11.6. The molecule has 0 radical (unpaired) electrons. The Morgan fingerprint density at radius 3 is 2.83 bits per heavy atom. The fraction of sp³-hybridized carbons (Fsp3) is 0.417. The van der Waals surface area contributed by atoms with Crippen molar-refractivity contribution in [2.24, 2.45) is 0 Å². The van der Waals surface area contributed by atoms with Crippen molar-refractivity contribution in [2.45, 2.75) is 32.9 Å². The van der Waals surface area contributed by atoms with Crippen LogP contribution in [0.4, 0.5) is 10.5 Å². The Morgan fingerprint density at radius 1 is 1.50 bits per heavy atom. The zero-order chi connectivity index (χ0) is 13.6. The zero-order valence-corrected chi connectivity index (χ0v) is 10.7. The lowest BCUT2D eigenvalue weighted by atomic mass is 10.2. The zero-order valence-electron chi connectivity index (χ0n) is 10.7. The van der Waals surface area contributed by atoms with Gasteiger partial charge in [0.25, 0.3) is 0 Å². The highest BCUT2D eigenvalue weighted by atomic mass is 16.6. The van der Waals surface area contributed by atoms with Gasteiger partial charge in [0.1, 0.15) is 5.60 Å². The monoisotopic (exact) mass is 251 g/mol. The van der Waals surface area contributed by atoms with Gasteiger partial charge in [-0.1, -0.05) is 0 Å². The standard InChI is InChI=1S/C12H17N3O3/c1-12(2,3)18-11(17)15-9-5-4-6-14-10(9)7-13-8-16/h4-6,8H,7H2,1-3H3,(H,13,16)(H,15,17). The number of hydrogen-bond acceptors (Lipinski definition) is 4. The van der Waals surface area contributed by atoms with Crippen LogP contribution >= 0.6 is 0 Å². The molecule has 1 heterocycles. The van der Waals surface area contributed by atoms with Crippen molar-refractivity contribution < 1.29 is 14.3 Å². The third-order valence-corrected chi connectivity index (χ3v) is 1.88. The third kappa shape index (κ3) is 4.82. The molecule has 0 bridgehead atoms. The minimum atomic E-state index is -0.562. The summed E-state index contributed by atoms with van der Waals surface area (Å²) >= 11 is 0. The van der Waals surface area contributed by atoms with E-state index in [9.17, 15) is 9.59 Å². The number of aromatic nitrogens is 1. The largest absolute Gasteiger partial charge is 0.444 e. The van der Waals surface area contributed by atoms with Crippen molar-refractivity contribution in [2.75, 3.05) is 5.32 Å². The van der Waals surface area contributed by atoms with Gasteiger partial charge < -0.3 is 10.1 Å². The summed E-state index contributed by atoms with van der Waals surface area (Å²) in [4.78, 5) is 25.9. The summed E-state index contributed by atoms with van der Waals surface area (Å²) in [6.45, 7) is 5.59. The second-order valence-electron chi connectivity index (χ2n) is 4.62. The van der Waals surface area contributed by atoms with E-state index in [-0.39, 0.29) is 6.54 Å². The first-order valence-electron chi connectivity index (χ1n) is 5.53. The van der Waals surface area contributed by atoms with Gasteiger partial charge in [-0.3, -0.25) is 15.1 Å². The minimum absolute atomic E-state index is 0.246. The highest BCUT2D eigenvalue weighted by Gasteiger charge is 2.17. The van der Waals surface area contributed by atoms with Gasteiger partial charge >= 0.3 is 6.09 Å². The highest BCUT2D eigenvalue weighted by molar-refractivity contribution is 5.85. The Kier molecular flexibility index (Phi) is 4.65. The first kappa shape index (κ1) is 14.0. The molecular weight excluding hydrogens is 234 g/mol. The Hall–Kier alpha value is -2.11. The van der Waals surface area contributed by atoms with Crippen molar-refractivity contribution in [3.8, 4) is 0 Å². The SMILES string of the molecule is CC(C)(C)OC(=O)Nc1cccnc1CNC=O. The van der Waals surface area contributed by atoms with Gasteiger partial charge in [0, 0.05) is 6.20 Å². The van der Waals surface area contributed by atoms with Gasteiger partial charge in [-0.05, 0) is 32.9 Å². The molecule has 1 aromatic heterocycles. The van der Waals surface area contributed by atoms with Gasteiger partial charge in [0.2, 0.25) is 6.41 Å². The Morgan fingerprint density at radius 2 is 2.22 bits per heavy atom. The summed E-state index contributed by atoms with van der Waals surface area (Å²) in [7, 11) is 0. The number of pyridine rings is 1.